The van der Waals surface area contributed by atoms with Crippen LogP contribution in [0.15, 0.2) is 12.1 Å². The number of fused-ring (bicyclic) bond motifs is 1. The lowest BCUT2D eigenvalue weighted by Gasteiger charge is -2.21. The lowest BCUT2D eigenvalue weighted by atomic mass is 9.90. The number of esters is 1. The van der Waals surface area contributed by atoms with Crippen molar-refractivity contribution in [2.45, 2.75) is 45.6 Å². The van der Waals surface area contributed by atoms with Crippen molar-refractivity contribution < 1.29 is 24.2 Å². The van der Waals surface area contributed by atoms with Crippen LogP contribution in [0, 0.1) is 0 Å². The van der Waals surface area contributed by atoms with Crippen molar-refractivity contribution in [2.24, 2.45) is 0 Å². The molecule has 1 aromatic rings. The van der Waals surface area contributed by atoms with Gasteiger partial charge < -0.3 is 14.6 Å². The van der Waals surface area contributed by atoms with E-state index in [1.54, 1.807) is 20.8 Å². The van der Waals surface area contributed by atoms with Crippen molar-refractivity contribution in [1.82, 2.24) is 0 Å². The summed E-state index contributed by atoms with van der Waals surface area (Å²) in [6, 6.07) is 2.89. The van der Waals surface area contributed by atoms with Crippen molar-refractivity contribution in [2.75, 3.05) is 6.61 Å². The predicted octanol–water partition coefficient (Wildman–Crippen LogP) is 2.63. The standard InChI is InChI=1S/C16H20O5/c1-16(2,3)21-15(19)9-20-14-8-10(17)7-12-11(14)5-4-6-13(12)18/h7-8,17H,4-6,9H2,1-3H3. The molecule has 0 radical (unpaired) electrons. The summed E-state index contributed by atoms with van der Waals surface area (Å²) in [4.78, 5) is 23.5. The molecule has 0 amide bonds. The Hall–Kier alpha value is -2.04. The van der Waals surface area contributed by atoms with Crippen LogP contribution in [0.2, 0.25) is 0 Å². The maximum atomic E-state index is 11.9. The molecule has 0 aliphatic heterocycles. The Balaban J connectivity index is 2.14. The molecule has 1 aliphatic rings. The van der Waals surface area contributed by atoms with Crippen LogP contribution >= 0.6 is 0 Å². The van der Waals surface area contributed by atoms with Crippen molar-refractivity contribution >= 4 is 11.8 Å². The second kappa shape index (κ2) is 5.76. The third-order valence-corrected chi connectivity index (χ3v) is 3.09. The summed E-state index contributed by atoms with van der Waals surface area (Å²) < 4.78 is 10.6. The zero-order valence-electron chi connectivity index (χ0n) is 12.6. The van der Waals surface area contributed by atoms with Gasteiger partial charge in [-0.1, -0.05) is 0 Å². The summed E-state index contributed by atoms with van der Waals surface area (Å²) in [5.74, 6) is -0.150. The van der Waals surface area contributed by atoms with Gasteiger partial charge in [-0.2, -0.15) is 0 Å². The lowest BCUT2D eigenvalue weighted by Crippen LogP contribution is -2.27. The number of phenols is 1. The van der Waals surface area contributed by atoms with Crippen LogP contribution in [0.5, 0.6) is 11.5 Å². The highest BCUT2D eigenvalue weighted by atomic mass is 16.6. The zero-order chi connectivity index (χ0) is 15.6. The molecule has 0 saturated heterocycles. The van der Waals surface area contributed by atoms with E-state index in [0.717, 1.165) is 12.0 Å². The summed E-state index contributed by atoms with van der Waals surface area (Å²) in [7, 11) is 0. The number of rotatable bonds is 3. The predicted molar refractivity (Wildman–Crippen MR) is 76.7 cm³/mol. The van der Waals surface area contributed by atoms with E-state index in [-0.39, 0.29) is 18.1 Å². The number of hydrogen-bond donors (Lipinski definition) is 1. The van der Waals surface area contributed by atoms with Gasteiger partial charge in [-0.05, 0) is 39.7 Å². The molecule has 0 atom stereocenters. The highest BCUT2D eigenvalue weighted by Crippen LogP contribution is 2.33. The second-order valence-electron chi connectivity index (χ2n) is 6.12. The van der Waals surface area contributed by atoms with Gasteiger partial charge in [-0.3, -0.25) is 4.79 Å². The highest BCUT2D eigenvalue weighted by Gasteiger charge is 2.23. The number of carbonyl (C=O) groups excluding carboxylic acids is 2. The molecule has 21 heavy (non-hydrogen) atoms. The fourth-order valence-corrected chi connectivity index (χ4v) is 2.33. The molecule has 0 bridgehead atoms. The van der Waals surface area contributed by atoms with E-state index in [2.05, 4.69) is 0 Å². The molecule has 1 aliphatic carbocycles. The molecule has 0 aromatic heterocycles. The third kappa shape index (κ3) is 3.97. The fraction of sp³-hybridized carbons (Fsp3) is 0.500. The van der Waals surface area contributed by atoms with E-state index in [0.29, 0.717) is 24.2 Å². The SMILES string of the molecule is CC(C)(C)OC(=O)COc1cc(O)cc2c1CCCC2=O. The Morgan fingerprint density at radius 2 is 2.00 bits per heavy atom. The Kier molecular flexibility index (Phi) is 4.21. The molecule has 5 heteroatoms. The van der Waals surface area contributed by atoms with E-state index in [1.165, 1.54) is 12.1 Å². The van der Waals surface area contributed by atoms with E-state index < -0.39 is 11.6 Å². The number of aromatic hydroxyl groups is 1. The fourth-order valence-electron chi connectivity index (χ4n) is 2.33. The first-order valence-corrected chi connectivity index (χ1v) is 7.00. The first-order chi connectivity index (χ1) is 9.76. The Morgan fingerprint density at radius 3 is 2.67 bits per heavy atom. The minimum Gasteiger partial charge on any atom is -0.508 e. The largest absolute Gasteiger partial charge is 0.508 e. The van der Waals surface area contributed by atoms with Gasteiger partial charge in [0.2, 0.25) is 0 Å². The van der Waals surface area contributed by atoms with E-state index >= 15 is 0 Å². The maximum absolute atomic E-state index is 11.9. The average Bonchev–Trinajstić information content (AvgIpc) is 2.35. The first kappa shape index (κ1) is 15.4. The number of Topliss-reactive ketones (excluding diaryl/α,β-unsaturated/α-hetero) is 1. The molecular formula is C16H20O5. The molecule has 0 heterocycles. The third-order valence-electron chi connectivity index (χ3n) is 3.09. The number of benzene rings is 1. The van der Waals surface area contributed by atoms with Gasteiger partial charge in [0.15, 0.2) is 12.4 Å². The summed E-state index contributed by atoms with van der Waals surface area (Å²) in [5, 5.41) is 9.69. The quantitative estimate of drug-likeness (QED) is 0.867. The second-order valence-corrected chi connectivity index (χ2v) is 6.12. The van der Waals surface area contributed by atoms with Crippen molar-refractivity contribution in [3.05, 3.63) is 23.3 Å². The molecular weight excluding hydrogens is 272 g/mol. The van der Waals surface area contributed by atoms with Crippen LogP contribution in [0.4, 0.5) is 0 Å². The van der Waals surface area contributed by atoms with Crippen molar-refractivity contribution in [3.63, 3.8) is 0 Å². The van der Waals surface area contributed by atoms with Gasteiger partial charge in [0, 0.05) is 23.6 Å². The van der Waals surface area contributed by atoms with Crippen LogP contribution in [0.3, 0.4) is 0 Å². The van der Waals surface area contributed by atoms with Gasteiger partial charge in [-0.15, -0.1) is 0 Å². The van der Waals surface area contributed by atoms with E-state index in [4.69, 9.17) is 9.47 Å². The minimum atomic E-state index is -0.575. The van der Waals surface area contributed by atoms with Crippen LogP contribution in [0.1, 0.15) is 49.5 Å². The van der Waals surface area contributed by atoms with Gasteiger partial charge in [0.1, 0.15) is 17.1 Å². The Labute approximate surface area is 123 Å². The average molecular weight is 292 g/mol. The molecule has 0 unspecified atom stereocenters. The lowest BCUT2D eigenvalue weighted by molar-refractivity contribution is -0.157. The van der Waals surface area contributed by atoms with Crippen LogP contribution in [0.25, 0.3) is 0 Å². The summed E-state index contributed by atoms with van der Waals surface area (Å²) in [6.07, 6.45) is 1.92. The van der Waals surface area contributed by atoms with Gasteiger partial charge in [0.05, 0.1) is 0 Å². The molecule has 1 N–H and O–H groups in total. The van der Waals surface area contributed by atoms with E-state index in [9.17, 15) is 14.7 Å². The highest BCUT2D eigenvalue weighted by molar-refractivity contribution is 5.99. The molecule has 1 aromatic carbocycles. The smallest absolute Gasteiger partial charge is 0.344 e. The van der Waals surface area contributed by atoms with E-state index in [1.807, 2.05) is 0 Å². The van der Waals surface area contributed by atoms with Crippen molar-refractivity contribution in [1.29, 1.82) is 0 Å². The Morgan fingerprint density at radius 1 is 1.29 bits per heavy atom. The number of ether oxygens (including phenoxy) is 2. The number of phenolic OH excluding ortho intramolecular Hbond substituents is 1. The first-order valence-electron chi connectivity index (χ1n) is 7.00. The van der Waals surface area contributed by atoms with Gasteiger partial charge in [0.25, 0.3) is 0 Å². The van der Waals surface area contributed by atoms with Gasteiger partial charge in [-0.25, -0.2) is 4.79 Å². The molecule has 0 fully saturated rings. The summed E-state index contributed by atoms with van der Waals surface area (Å²) >= 11 is 0. The maximum Gasteiger partial charge on any atom is 0.344 e. The van der Waals surface area contributed by atoms with Gasteiger partial charge >= 0.3 is 5.97 Å². The molecule has 114 valence electrons. The van der Waals surface area contributed by atoms with Crippen LogP contribution < -0.4 is 4.74 Å². The molecule has 0 saturated carbocycles. The zero-order valence-corrected chi connectivity index (χ0v) is 12.6. The molecule has 2 rings (SSSR count). The molecule has 0 spiro atoms. The normalized spacial score (nSPS) is 14.5. The number of ketones is 1. The Bertz CT molecular complexity index is 569. The topological polar surface area (TPSA) is 72.8 Å². The number of hydrogen-bond acceptors (Lipinski definition) is 5. The number of carbonyl (C=O) groups is 2. The summed E-state index contributed by atoms with van der Waals surface area (Å²) in [6.45, 7) is 5.08. The minimum absolute atomic E-state index is 0.00531. The van der Waals surface area contributed by atoms with Crippen LogP contribution in [-0.4, -0.2) is 29.1 Å². The van der Waals surface area contributed by atoms with Crippen molar-refractivity contribution in [3.8, 4) is 11.5 Å². The van der Waals surface area contributed by atoms with Crippen LogP contribution in [-0.2, 0) is 16.0 Å². The summed E-state index contributed by atoms with van der Waals surface area (Å²) in [5.41, 5.74) is 0.669. The molecule has 5 nitrogen and oxygen atoms in total. The monoisotopic (exact) mass is 292 g/mol.